The zero-order valence-corrected chi connectivity index (χ0v) is 8.61. The number of hydrogen-bond acceptors (Lipinski definition) is 5. The highest BCUT2D eigenvalue weighted by Crippen LogP contribution is 2.26. The number of carboxylic acids is 2. The van der Waals surface area contributed by atoms with Crippen LogP contribution in [0.1, 0.15) is 13.3 Å². The standard InChI is InChI=1S/C9H14O7/c1-3-6(10)7(11)5(16-3)2-4(8(12)13)9(14)15/h3-7,10-11H,2H2,1H3,(H,12,13)(H,14,15)/t3-,5+,6+,7?/m0/s1. The molecule has 0 aliphatic carbocycles. The van der Waals surface area contributed by atoms with E-state index in [0.717, 1.165) is 0 Å². The third-order valence-corrected chi connectivity index (χ3v) is 2.67. The van der Waals surface area contributed by atoms with Gasteiger partial charge in [0.05, 0.1) is 12.2 Å². The number of aliphatic hydroxyl groups is 2. The Bertz CT molecular complexity index is 276. The second-order valence-corrected chi connectivity index (χ2v) is 3.83. The van der Waals surface area contributed by atoms with Crippen LogP contribution < -0.4 is 0 Å². The molecule has 1 rings (SSSR count). The lowest BCUT2D eigenvalue weighted by Crippen LogP contribution is -2.35. The van der Waals surface area contributed by atoms with Gasteiger partial charge in [0.1, 0.15) is 12.2 Å². The molecule has 0 aromatic heterocycles. The monoisotopic (exact) mass is 234 g/mol. The average Bonchev–Trinajstić information content (AvgIpc) is 2.41. The average molecular weight is 234 g/mol. The van der Waals surface area contributed by atoms with Crippen LogP contribution in [-0.2, 0) is 14.3 Å². The number of ether oxygens (including phenoxy) is 1. The van der Waals surface area contributed by atoms with E-state index in [1.54, 1.807) is 0 Å². The molecule has 7 nitrogen and oxygen atoms in total. The maximum Gasteiger partial charge on any atom is 0.317 e. The number of aliphatic carboxylic acids is 2. The van der Waals surface area contributed by atoms with E-state index in [2.05, 4.69) is 0 Å². The fourth-order valence-electron chi connectivity index (χ4n) is 1.67. The van der Waals surface area contributed by atoms with E-state index in [-0.39, 0.29) is 6.42 Å². The van der Waals surface area contributed by atoms with Crippen LogP contribution in [0, 0.1) is 5.92 Å². The summed E-state index contributed by atoms with van der Waals surface area (Å²) in [6.45, 7) is 1.52. The van der Waals surface area contributed by atoms with E-state index in [1.807, 2.05) is 0 Å². The number of rotatable bonds is 4. The third-order valence-electron chi connectivity index (χ3n) is 2.67. The molecule has 0 saturated carbocycles. The first kappa shape index (κ1) is 12.9. The summed E-state index contributed by atoms with van der Waals surface area (Å²) in [5, 5.41) is 36.1. The van der Waals surface area contributed by atoms with Crippen LogP contribution in [0.4, 0.5) is 0 Å². The molecule has 4 atom stereocenters. The lowest BCUT2D eigenvalue weighted by atomic mass is 9.97. The smallest absolute Gasteiger partial charge is 0.317 e. The molecule has 0 aromatic carbocycles. The molecule has 0 aromatic rings. The van der Waals surface area contributed by atoms with Gasteiger partial charge in [-0.3, -0.25) is 9.59 Å². The highest BCUT2D eigenvalue weighted by molar-refractivity contribution is 5.92. The molecule has 1 aliphatic heterocycles. The van der Waals surface area contributed by atoms with Crippen LogP contribution in [0.15, 0.2) is 0 Å². The molecule has 1 heterocycles. The molecule has 92 valence electrons. The number of aliphatic hydroxyl groups excluding tert-OH is 2. The minimum Gasteiger partial charge on any atom is -0.481 e. The summed E-state index contributed by atoms with van der Waals surface area (Å²) in [6.07, 6.45) is -4.34. The van der Waals surface area contributed by atoms with Crippen molar-refractivity contribution in [2.75, 3.05) is 0 Å². The van der Waals surface area contributed by atoms with Crippen molar-refractivity contribution in [1.29, 1.82) is 0 Å². The molecule has 0 amide bonds. The summed E-state index contributed by atoms with van der Waals surface area (Å²) >= 11 is 0. The predicted molar refractivity (Wildman–Crippen MR) is 49.7 cm³/mol. The molecule has 1 saturated heterocycles. The van der Waals surface area contributed by atoms with Gasteiger partial charge in [0, 0.05) is 6.42 Å². The summed E-state index contributed by atoms with van der Waals surface area (Å²) in [7, 11) is 0. The van der Waals surface area contributed by atoms with Gasteiger partial charge in [-0.05, 0) is 6.92 Å². The summed E-state index contributed by atoms with van der Waals surface area (Å²) in [5.41, 5.74) is 0. The van der Waals surface area contributed by atoms with Gasteiger partial charge in [-0.25, -0.2) is 0 Å². The first-order valence-electron chi connectivity index (χ1n) is 4.81. The number of carboxylic acid groups (broad SMARTS) is 2. The van der Waals surface area contributed by atoms with E-state index in [0.29, 0.717) is 0 Å². The normalized spacial score (nSPS) is 34.2. The lowest BCUT2D eigenvalue weighted by molar-refractivity contribution is -0.156. The van der Waals surface area contributed by atoms with Crippen LogP contribution in [0.25, 0.3) is 0 Å². The van der Waals surface area contributed by atoms with Gasteiger partial charge in [0.15, 0.2) is 5.92 Å². The zero-order chi connectivity index (χ0) is 12.5. The Hall–Kier alpha value is -1.18. The second-order valence-electron chi connectivity index (χ2n) is 3.83. The maximum absolute atomic E-state index is 10.6. The summed E-state index contributed by atoms with van der Waals surface area (Å²) in [5.74, 6) is -4.62. The third kappa shape index (κ3) is 2.49. The molecule has 0 spiro atoms. The van der Waals surface area contributed by atoms with E-state index in [9.17, 15) is 19.8 Å². The van der Waals surface area contributed by atoms with Crippen LogP contribution in [0.2, 0.25) is 0 Å². The quantitative estimate of drug-likeness (QED) is 0.444. The van der Waals surface area contributed by atoms with Gasteiger partial charge in [0.2, 0.25) is 0 Å². The van der Waals surface area contributed by atoms with Crippen molar-refractivity contribution in [3.05, 3.63) is 0 Å². The van der Waals surface area contributed by atoms with Crippen molar-refractivity contribution < 1.29 is 34.8 Å². The maximum atomic E-state index is 10.6. The van der Waals surface area contributed by atoms with Gasteiger partial charge >= 0.3 is 11.9 Å². The molecule has 1 unspecified atom stereocenters. The molecule has 7 heteroatoms. The van der Waals surface area contributed by atoms with Gasteiger partial charge in [0.25, 0.3) is 0 Å². The number of hydrogen-bond donors (Lipinski definition) is 4. The fourth-order valence-corrected chi connectivity index (χ4v) is 1.67. The van der Waals surface area contributed by atoms with Crippen LogP contribution in [0.5, 0.6) is 0 Å². The van der Waals surface area contributed by atoms with Gasteiger partial charge < -0.3 is 25.2 Å². The molecule has 1 aliphatic rings. The largest absolute Gasteiger partial charge is 0.481 e. The second kappa shape index (κ2) is 4.77. The lowest BCUT2D eigenvalue weighted by Gasteiger charge is -2.16. The highest BCUT2D eigenvalue weighted by Gasteiger charge is 2.43. The Kier molecular flexibility index (Phi) is 3.84. The molecule has 1 fully saturated rings. The van der Waals surface area contributed by atoms with Crippen molar-refractivity contribution >= 4 is 11.9 Å². The molecule has 0 radical (unpaired) electrons. The summed E-state index contributed by atoms with van der Waals surface area (Å²) in [4.78, 5) is 21.2. The van der Waals surface area contributed by atoms with Crippen molar-refractivity contribution in [3.63, 3.8) is 0 Å². The van der Waals surface area contributed by atoms with Gasteiger partial charge in [-0.15, -0.1) is 0 Å². The molecule has 0 bridgehead atoms. The van der Waals surface area contributed by atoms with E-state index >= 15 is 0 Å². The van der Waals surface area contributed by atoms with Crippen molar-refractivity contribution in [3.8, 4) is 0 Å². The van der Waals surface area contributed by atoms with E-state index in [1.165, 1.54) is 6.92 Å². The van der Waals surface area contributed by atoms with E-state index in [4.69, 9.17) is 14.9 Å². The number of carbonyl (C=O) groups is 2. The van der Waals surface area contributed by atoms with Gasteiger partial charge in [-0.2, -0.15) is 0 Å². The minimum atomic E-state index is -1.64. The molecular formula is C9H14O7. The van der Waals surface area contributed by atoms with Crippen molar-refractivity contribution in [2.45, 2.75) is 37.8 Å². The van der Waals surface area contributed by atoms with Crippen molar-refractivity contribution in [1.82, 2.24) is 0 Å². The van der Waals surface area contributed by atoms with E-state index < -0.39 is 42.3 Å². The van der Waals surface area contributed by atoms with Crippen LogP contribution >= 0.6 is 0 Å². The SMILES string of the molecule is C[C@@H]1O[C@H](CC(C(=O)O)C(=O)O)C(O)[C@@H]1O. The van der Waals surface area contributed by atoms with Gasteiger partial charge in [-0.1, -0.05) is 0 Å². The predicted octanol–water partition coefficient (Wildman–Crippen LogP) is -1.33. The van der Waals surface area contributed by atoms with Crippen molar-refractivity contribution in [2.24, 2.45) is 5.92 Å². The fraction of sp³-hybridized carbons (Fsp3) is 0.778. The molecule has 16 heavy (non-hydrogen) atoms. The summed E-state index contributed by atoms with van der Waals surface area (Å²) in [6, 6.07) is 0. The Morgan fingerprint density at radius 2 is 1.69 bits per heavy atom. The Labute approximate surface area is 91.3 Å². The first-order chi connectivity index (χ1) is 7.34. The Balaban J connectivity index is 2.66. The Morgan fingerprint density at radius 3 is 2.00 bits per heavy atom. The first-order valence-corrected chi connectivity index (χ1v) is 4.81. The summed E-state index contributed by atoms with van der Waals surface area (Å²) < 4.78 is 5.09. The molecule has 4 N–H and O–H groups in total. The van der Waals surface area contributed by atoms with Crippen LogP contribution in [0.3, 0.4) is 0 Å². The highest BCUT2D eigenvalue weighted by atomic mass is 16.5. The topological polar surface area (TPSA) is 124 Å². The Morgan fingerprint density at radius 1 is 1.19 bits per heavy atom. The molecular weight excluding hydrogens is 220 g/mol. The van der Waals surface area contributed by atoms with Crippen LogP contribution in [-0.4, -0.2) is 56.8 Å². The minimum absolute atomic E-state index is 0.368. The zero-order valence-electron chi connectivity index (χ0n) is 8.61.